The van der Waals surface area contributed by atoms with Gasteiger partial charge in [-0.05, 0) is 79.3 Å². The van der Waals surface area contributed by atoms with Gasteiger partial charge in [0.15, 0.2) is 5.82 Å². The Bertz CT molecular complexity index is 1990. The highest BCUT2D eigenvalue weighted by Crippen LogP contribution is 2.49. The summed E-state index contributed by atoms with van der Waals surface area (Å²) in [7, 11) is 0. The molecule has 1 aromatic heterocycles. The van der Waals surface area contributed by atoms with Crippen molar-refractivity contribution in [2.75, 3.05) is 37.7 Å². The van der Waals surface area contributed by atoms with Gasteiger partial charge in [0.2, 0.25) is 0 Å². The number of aliphatic hydroxyl groups is 1. The average Bonchev–Trinajstić information content (AvgIpc) is 3.78. The van der Waals surface area contributed by atoms with Crippen molar-refractivity contribution in [1.29, 1.82) is 0 Å². The summed E-state index contributed by atoms with van der Waals surface area (Å²) < 4.78 is 79.6. The van der Waals surface area contributed by atoms with Gasteiger partial charge in [0.25, 0.3) is 6.43 Å². The van der Waals surface area contributed by atoms with Crippen LogP contribution in [0, 0.1) is 35.8 Å². The zero-order chi connectivity index (χ0) is 33.5. The molecular weight excluding hydrogens is 631 g/mol. The molecule has 1 aliphatic carbocycles. The van der Waals surface area contributed by atoms with E-state index in [9.17, 15) is 27.8 Å². The number of ether oxygens (including phenoxy) is 1. The number of hydrogen-bond donors (Lipinski definition) is 2. The summed E-state index contributed by atoms with van der Waals surface area (Å²) in [6.07, 6.45) is 3.68. The molecule has 48 heavy (non-hydrogen) atoms. The van der Waals surface area contributed by atoms with Crippen molar-refractivity contribution in [2.45, 2.75) is 55.8 Å². The van der Waals surface area contributed by atoms with Crippen LogP contribution in [0.5, 0.6) is 11.8 Å². The van der Waals surface area contributed by atoms with Crippen LogP contribution in [0.3, 0.4) is 0 Å². The van der Waals surface area contributed by atoms with E-state index >= 15 is 4.39 Å². The summed E-state index contributed by atoms with van der Waals surface area (Å²) in [6, 6.07) is 8.38. The third-order valence-electron chi connectivity index (χ3n) is 11.0. The molecule has 1 unspecified atom stereocenters. The Labute approximate surface area is 273 Å². The van der Waals surface area contributed by atoms with Crippen LogP contribution in [-0.2, 0) is 0 Å². The van der Waals surface area contributed by atoms with Gasteiger partial charge in [-0.3, -0.25) is 4.90 Å². The van der Waals surface area contributed by atoms with Gasteiger partial charge >= 0.3 is 6.01 Å². The van der Waals surface area contributed by atoms with E-state index in [2.05, 4.69) is 15.8 Å². The molecule has 4 aromatic rings. The fourth-order valence-electron chi connectivity index (χ4n) is 8.81. The van der Waals surface area contributed by atoms with Crippen molar-refractivity contribution in [3.8, 4) is 35.2 Å². The Morgan fingerprint density at radius 1 is 1.02 bits per heavy atom. The van der Waals surface area contributed by atoms with Gasteiger partial charge in [-0.2, -0.15) is 9.97 Å². The molecule has 5 atom stereocenters. The minimum absolute atomic E-state index is 0.0121. The summed E-state index contributed by atoms with van der Waals surface area (Å²) in [4.78, 5) is 13.2. The molecule has 2 N–H and O–H groups in total. The summed E-state index contributed by atoms with van der Waals surface area (Å²) in [5.74, 6) is 0.642. The summed E-state index contributed by atoms with van der Waals surface area (Å²) in [5.41, 5.74) is -2.55. The topological polar surface area (TPSA) is 82.0 Å². The van der Waals surface area contributed by atoms with Gasteiger partial charge in [-0.1, -0.05) is 18.1 Å². The average molecular weight is 665 g/mol. The van der Waals surface area contributed by atoms with Crippen molar-refractivity contribution < 1.29 is 36.9 Å². The number of aromatic nitrogens is 2. The summed E-state index contributed by atoms with van der Waals surface area (Å²) in [6.45, 7) is 1.82. The lowest BCUT2D eigenvalue weighted by Gasteiger charge is -2.31. The zero-order valence-electron chi connectivity index (χ0n) is 25.9. The Morgan fingerprint density at radius 3 is 2.52 bits per heavy atom. The Morgan fingerprint density at radius 2 is 1.79 bits per heavy atom. The maximum Gasteiger partial charge on any atom is 0.319 e. The lowest BCUT2D eigenvalue weighted by atomic mass is 9.93. The molecule has 0 spiro atoms. The van der Waals surface area contributed by atoms with Gasteiger partial charge < -0.3 is 19.8 Å². The number of phenolic OH excluding ortho intramolecular Hbond substituents is 1. The van der Waals surface area contributed by atoms with E-state index in [0.717, 1.165) is 19.4 Å². The van der Waals surface area contributed by atoms with E-state index in [1.54, 1.807) is 6.07 Å². The molecule has 12 heteroatoms. The number of halogens is 5. The standard InChI is InChI=1S/C36H33F5N4O3/c1-2-24-28(38)7-4-19-10-23(46)11-27(29(19)24)25-5-6-26-31(30(25)39)42-34(48-18-35-8-3-9-45(35)17-22(37)14-35)43-32(26)44-15-20-12-36(47,33(40)41)13-21(20)16-44/h1,4-7,10-11,20-22,33,46-47H,3,8-9,12-18H2/t20-,21+,22-,35+,36?/m1/s1. The van der Waals surface area contributed by atoms with Gasteiger partial charge in [0.1, 0.15) is 41.3 Å². The van der Waals surface area contributed by atoms with E-state index in [4.69, 9.17) is 16.1 Å². The van der Waals surface area contributed by atoms with Crippen molar-refractivity contribution >= 4 is 27.5 Å². The molecule has 3 saturated heterocycles. The van der Waals surface area contributed by atoms with Crippen LogP contribution in [0.1, 0.15) is 37.7 Å². The van der Waals surface area contributed by atoms with Crippen LogP contribution in [0.2, 0.25) is 0 Å². The van der Waals surface area contributed by atoms with Crippen molar-refractivity contribution in [3.05, 3.63) is 53.6 Å². The van der Waals surface area contributed by atoms with Gasteiger partial charge in [-0.25, -0.2) is 22.0 Å². The fraction of sp³-hybridized carbons (Fsp3) is 0.444. The van der Waals surface area contributed by atoms with E-state index in [1.165, 1.54) is 30.3 Å². The van der Waals surface area contributed by atoms with Gasteiger partial charge in [0, 0.05) is 42.4 Å². The minimum atomic E-state index is -2.85. The molecule has 7 nitrogen and oxygen atoms in total. The number of anilines is 1. The molecule has 8 rings (SSSR count). The molecule has 3 aliphatic heterocycles. The van der Waals surface area contributed by atoms with E-state index in [-0.39, 0.29) is 70.6 Å². The lowest BCUT2D eigenvalue weighted by Crippen LogP contribution is -2.43. The first-order valence-electron chi connectivity index (χ1n) is 16.2. The molecule has 4 fully saturated rings. The van der Waals surface area contributed by atoms with Gasteiger partial charge in [-0.15, -0.1) is 6.42 Å². The number of rotatable bonds is 6. The fourth-order valence-corrected chi connectivity index (χ4v) is 8.81. The van der Waals surface area contributed by atoms with Crippen molar-refractivity contribution in [2.24, 2.45) is 11.8 Å². The second kappa shape index (κ2) is 11.2. The minimum Gasteiger partial charge on any atom is -0.508 e. The van der Waals surface area contributed by atoms with Crippen molar-refractivity contribution in [1.82, 2.24) is 14.9 Å². The number of phenols is 1. The van der Waals surface area contributed by atoms with Crippen LogP contribution < -0.4 is 9.64 Å². The number of benzene rings is 3. The normalized spacial score (nSPS) is 28.5. The SMILES string of the molecule is C#Cc1c(F)ccc2cc(O)cc(-c3ccc4c(N5C[C@@H]6CC(O)(C(F)F)C[C@@H]6C5)nc(OC[C@@]56CCCN5C[C@H](F)C6)nc4c3F)c12. The molecular formula is C36H33F5N4O3. The highest BCUT2D eigenvalue weighted by Gasteiger charge is 2.53. The van der Waals surface area contributed by atoms with Crippen LogP contribution in [0.25, 0.3) is 32.8 Å². The largest absolute Gasteiger partial charge is 0.508 e. The zero-order valence-corrected chi connectivity index (χ0v) is 25.9. The molecule has 0 amide bonds. The predicted molar refractivity (Wildman–Crippen MR) is 170 cm³/mol. The van der Waals surface area contributed by atoms with Crippen molar-refractivity contribution in [3.63, 3.8) is 0 Å². The number of terminal acetylenes is 1. The first-order valence-corrected chi connectivity index (χ1v) is 16.2. The van der Waals surface area contributed by atoms with Crippen LogP contribution in [0.15, 0.2) is 36.4 Å². The molecule has 250 valence electrons. The third kappa shape index (κ3) is 4.85. The number of nitrogens with zero attached hydrogens (tertiary/aromatic N) is 4. The maximum atomic E-state index is 16.9. The first kappa shape index (κ1) is 31.1. The highest BCUT2D eigenvalue weighted by atomic mass is 19.3. The number of hydrogen-bond acceptors (Lipinski definition) is 7. The smallest absolute Gasteiger partial charge is 0.319 e. The number of aromatic hydroxyl groups is 1. The predicted octanol–water partition coefficient (Wildman–Crippen LogP) is 6.21. The van der Waals surface area contributed by atoms with E-state index in [1.807, 2.05) is 4.90 Å². The van der Waals surface area contributed by atoms with Gasteiger partial charge in [0.05, 0.1) is 11.1 Å². The Kier molecular flexibility index (Phi) is 7.23. The van der Waals surface area contributed by atoms with Crippen LogP contribution in [-0.4, -0.2) is 81.6 Å². The monoisotopic (exact) mass is 664 g/mol. The Balaban J connectivity index is 1.24. The maximum absolute atomic E-state index is 16.9. The molecule has 0 bridgehead atoms. The lowest BCUT2D eigenvalue weighted by molar-refractivity contribution is -0.0947. The highest BCUT2D eigenvalue weighted by molar-refractivity contribution is 6.04. The molecule has 3 aromatic carbocycles. The second-order valence-electron chi connectivity index (χ2n) is 13.9. The first-order chi connectivity index (χ1) is 23.0. The third-order valence-corrected chi connectivity index (χ3v) is 11.0. The van der Waals surface area contributed by atoms with E-state index in [0.29, 0.717) is 42.6 Å². The quantitative estimate of drug-likeness (QED) is 0.187. The molecule has 0 radical (unpaired) electrons. The summed E-state index contributed by atoms with van der Waals surface area (Å²) >= 11 is 0. The number of fused-ring (bicyclic) bond motifs is 4. The van der Waals surface area contributed by atoms with Crippen LogP contribution in [0.4, 0.5) is 27.8 Å². The Hall–Kier alpha value is -4.21. The summed E-state index contributed by atoms with van der Waals surface area (Å²) in [5, 5.41) is 22.0. The molecule has 4 aliphatic rings. The number of alkyl halides is 3. The molecule has 1 saturated carbocycles. The molecule has 4 heterocycles. The van der Waals surface area contributed by atoms with E-state index < -0.39 is 35.4 Å². The van der Waals surface area contributed by atoms with Crippen LogP contribution >= 0.6 is 0 Å². The second-order valence-corrected chi connectivity index (χ2v) is 13.9.